The van der Waals surface area contributed by atoms with Crippen molar-refractivity contribution < 1.29 is 10.2 Å². The molecule has 0 amide bonds. The summed E-state index contributed by atoms with van der Waals surface area (Å²) in [4.78, 5) is 0. The summed E-state index contributed by atoms with van der Waals surface area (Å²) in [5.74, 6) is 0. The number of aliphatic hydroxyl groups is 2. The lowest BCUT2D eigenvalue weighted by molar-refractivity contribution is 0.114. The van der Waals surface area contributed by atoms with Crippen LogP contribution < -0.4 is 0 Å². The second-order valence-electron chi connectivity index (χ2n) is 0.324. The topological polar surface area (TPSA) is 40.5 Å². The summed E-state index contributed by atoms with van der Waals surface area (Å²) in [6.07, 6.45) is -1.33. The van der Waals surface area contributed by atoms with E-state index in [1.807, 2.05) is 0 Å². The highest BCUT2D eigenvalue weighted by atomic mass is 16.5. The van der Waals surface area contributed by atoms with E-state index in [1.54, 1.807) is 0 Å². The van der Waals surface area contributed by atoms with Crippen LogP contribution in [0.25, 0.3) is 0 Å². The molecule has 0 aliphatic heterocycles. The van der Waals surface area contributed by atoms with Crippen LogP contribution in [0.5, 0.6) is 0 Å². The van der Waals surface area contributed by atoms with Gasteiger partial charge in [0.2, 0.25) is 6.29 Å². The SMILES string of the molecule is [C][C](O)O. The molecule has 0 atom stereocenters. The molecule has 0 unspecified atom stereocenters. The standard InChI is InChI=1S/C2H2O2/c1-2(3)4/h3-4H. The number of rotatable bonds is 0. The van der Waals surface area contributed by atoms with Crippen molar-refractivity contribution >= 4 is 0 Å². The first-order valence-corrected chi connectivity index (χ1v) is 0.697. The predicted octanol–water partition coefficient (Wildman–Crippen LogP) is -0.191. The van der Waals surface area contributed by atoms with E-state index in [4.69, 9.17) is 17.1 Å². The number of aliphatic hydroxyl groups excluding tert-OH is 1. The van der Waals surface area contributed by atoms with Crippen molar-refractivity contribution in [1.29, 1.82) is 0 Å². The van der Waals surface area contributed by atoms with Crippen LogP contribution >= 0.6 is 0 Å². The normalized spacial score (nSPS) is 9.00. The van der Waals surface area contributed by atoms with E-state index in [0.29, 0.717) is 0 Å². The molecule has 2 N–H and O–H groups in total. The Morgan fingerprint density at radius 1 is 1.50 bits per heavy atom. The first-order chi connectivity index (χ1) is 1.73. The lowest BCUT2D eigenvalue weighted by Gasteiger charge is -1.75. The van der Waals surface area contributed by atoms with Gasteiger partial charge in [0.05, 0.1) is 6.92 Å². The molecule has 4 radical (unpaired) electrons. The highest BCUT2D eigenvalue weighted by Gasteiger charge is 1.76. The Labute approximate surface area is 24.7 Å². The molecule has 0 aromatic heterocycles. The molecule has 0 aromatic rings. The van der Waals surface area contributed by atoms with Crippen LogP contribution in [0.1, 0.15) is 0 Å². The molecule has 0 rings (SSSR count). The summed E-state index contributed by atoms with van der Waals surface area (Å²) >= 11 is 0. The minimum absolute atomic E-state index is 1.33. The van der Waals surface area contributed by atoms with Gasteiger partial charge in [-0.1, -0.05) is 0 Å². The van der Waals surface area contributed by atoms with Gasteiger partial charge in [-0.05, 0) is 0 Å². The van der Waals surface area contributed by atoms with E-state index >= 15 is 0 Å². The fourth-order valence-electron chi connectivity index (χ4n) is 0. The lowest BCUT2D eigenvalue weighted by Crippen LogP contribution is -1.79. The van der Waals surface area contributed by atoms with Crippen molar-refractivity contribution in [3.05, 3.63) is 13.2 Å². The number of hydrogen-bond acceptors (Lipinski definition) is 2. The molecule has 2 nitrogen and oxygen atoms in total. The van der Waals surface area contributed by atoms with E-state index in [1.165, 1.54) is 0 Å². The van der Waals surface area contributed by atoms with Gasteiger partial charge in [0, 0.05) is 0 Å². The van der Waals surface area contributed by atoms with E-state index in [-0.39, 0.29) is 0 Å². The Morgan fingerprint density at radius 3 is 1.50 bits per heavy atom. The molecule has 0 aliphatic carbocycles. The summed E-state index contributed by atoms with van der Waals surface area (Å²) < 4.78 is 0. The second-order valence-corrected chi connectivity index (χ2v) is 0.324. The van der Waals surface area contributed by atoms with Crippen LogP contribution in [-0.2, 0) is 0 Å². The zero-order valence-electron chi connectivity index (χ0n) is 1.89. The minimum atomic E-state index is -1.33. The monoisotopic (exact) mass is 58.0 g/mol. The van der Waals surface area contributed by atoms with Gasteiger partial charge in [-0.25, -0.2) is 0 Å². The largest absolute Gasteiger partial charge is 0.361 e. The summed E-state index contributed by atoms with van der Waals surface area (Å²) in [6, 6.07) is 0. The third-order valence-corrected chi connectivity index (χ3v) is 0. The smallest absolute Gasteiger partial charge is 0.227 e. The molecule has 0 aromatic carbocycles. The van der Waals surface area contributed by atoms with E-state index in [2.05, 4.69) is 0 Å². The van der Waals surface area contributed by atoms with Gasteiger partial charge >= 0.3 is 0 Å². The first-order valence-electron chi connectivity index (χ1n) is 0.697. The molecule has 0 bridgehead atoms. The molecule has 22 valence electrons. The lowest BCUT2D eigenvalue weighted by atomic mass is 10.8. The van der Waals surface area contributed by atoms with Crippen LogP contribution in [0, 0.1) is 13.2 Å². The van der Waals surface area contributed by atoms with Gasteiger partial charge in [-0.3, -0.25) is 0 Å². The van der Waals surface area contributed by atoms with Crippen LogP contribution in [0.4, 0.5) is 0 Å². The molecule has 0 saturated carbocycles. The maximum Gasteiger partial charge on any atom is 0.227 e. The molecule has 0 heterocycles. The fourth-order valence-corrected chi connectivity index (χ4v) is 0. The van der Waals surface area contributed by atoms with Crippen LogP contribution in [0.2, 0.25) is 0 Å². The molecular weight excluding hydrogens is 56.0 g/mol. The van der Waals surface area contributed by atoms with Gasteiger partial charge in [0.25, 0.3) is 0 Å². The zero-order valence-corrected chi connectivity index (χ0v) is 1.89. The number of hydrogen-bond donors (Lipinski definition) is 2. The van der Waals surface area contributed by atoms with E-state index in [9.17, 15) is 0 Å². The Morgan fingerprint density at radius 2 is 1.50 bits per heavy atom. The maximum absolute atomic E-state index is 7.19. The van der Waals surface area contributed by atoms with Crippen LogP contribution in [0.3, 0.4) is 0 Å². The van der Waals surface area contributed by atoms with Gasteiger partial charge in [0.15, 0.2) is 0 Å². The molecular formula is C2H2O2. The first kappa shape index (κ1) is 3.92. The van der Waals surface area contributed by atoms with Crippen molar-refractivity contribution in [2.45, 2.75) is 0 Å². The average molecular weight is 58.0 g/mol. The van der Waals surface area contributed by atoms with Crippen molar-refractivity contribution in [3.8, 4) is 0 Å². The average Bonchev–Trinajstić information content (AvgIpc) is 0.811. The summed E-state index contributed by atoms with van der Waals surface area (Å²) in [5, 5.41) is 14.4. The van der Waals surface area contributed by atoms with E-state index in [0.717, 1.165) is 0 Å². The Kier molecular flexibility index (Phi) is 1.24. The Bertz CT molecular complexity index is 8.75. The van der Waals surface area contributed by atoms with Crippen LogP contribution in [0.15, 0.2) is 0 Å². The van der Waals surface area contributed by atoms with Crippen LogP contribution in [-0.4, -0.2) is 10.2 Å². The third-order valence-electron chi connectivity index (χ3n) is 0. The molecule has 0 spiro atoms. The van der Waals surface area contributed by atoms with Crippen molar-refractivity contribution in [2.24, 2.45) is 0 Å². The van der Waals surface area contributed by atoms with Crippen molar-refractivity contribution in [3.63, 3.8) is 0 Å². The molecule has 0 saturated heterocycles. The van der Waals surface area contributed by atoms with Gasteiger partial charge < -0.3 is 10.2 Å². The zero-order chi connectivity index (χ0) is 3.58. The van der Waals surface area contributed by atoms with Gasteiger partial charge in [-0.2, -0.15) is 0 Å². The molecule has 2 heteroatoms. The highest BCUT2D eigenvalue weighted by molar-refractivity contribution is 4.55. The fraction of sp³-hybridized carbons (Fsp3) is 0. The summed E-state index contributed by atoms with van der Waals surface area (Å²) in [6.45, 7) is 5.61. The third kappa shape index (κ3) is 254. The molecule has 0 fully saturated rings. The summed E-state index contributed by atoms with van der Waals surface area (Å²) in [7, 11) is 0. The van der Waals surface area contributed by atoms with Gasteiger partial charge in [-0.15, -0.1) is 0 Å². The summed E-state index contributed by atoms with van der Waals surface area (Å²) in [5.41, 5.74) is 0. The highest BCUT2D eigenvalue weighted by Crippen LogP contribution is 1.70. The van der Waals surface area contributed by atoms with Gasteiger partial charge in [0.1, 0.15) is 0 Å². The maximum atomic E-state index is 7.19. The molecule has 4 heavy (non-hydrogen) atoms. The minimum Gasteiger partial charge on any atom is -0.361 e. The quantitative estimate of drug-likeness (QED) is 0.405. The van der Waals surface area contributed by atoms with Crippen molar-refractivity contribution in [1.82, 2.24) is 0 Å². The Hall–Kier alpha value is -0.0800. The Balaban J connectivity index is 2.32. The second kappa shape index (κ2) is 1.26. The van der Waals surface area contributed by atoms with E-state index < -0.39 is 6.29 Å². The predicted molar refractivity (Wildman–Crippen MR) is 10.4 cm³/mol. The van der Waals surface area contributed by atoms with Crippen molar-refractivity contribution in [2.75, 3.05) is 0 Å². The molecule has 0 aliphatic rings.